The summed E-state index contributed by atoms with van der Waals surface area (Å²) >= 11 is 0. The van der Waals surface area contributed by atoms with Crippen LogP contribution in [0.5, 0.6) is 0 Å². The molecule has 0 aromatic carbocycles. The van der Waals surface area contributed by atoms with Crippen LogP contribution in [0, 0.1) is 0 Å². The smallest absolute Gasteiger partial charge is 0.374 e. The van der Waals surface area contributed by atoms with Crippen LogP contribution in [0.1, 0.15) is 12.2 Å². The maximum absolute atomic E-state index is 13.0. The lowest BCUT2D eigenvalue weighted by molar-refractivity contribution is -0.272. The van der Waals surface area contributed by atoms with Crippen LogP contribution in [0.4, 0.5) is 13.2 Å². The van der Waals surface area contributed by atoms with Crippen molar-refractivity contribution >= 4 is 5.91 Å². The molecule has 8 heteroatoms. The van der Waals surface area contributed by atoms with Gasteiger partial charge in [0.2, 0.25) is 11.5 Å². The van der Waals surface area contributed by atoms with Gasteiger partial charge in [0.25, 0.3) is 0 Å². The van der Waals surface area contributed by atoms with E-state index in [0.29, 0.717) is 0 Å². The Kier molecular flexibility index (Phi) is 4.35. The van der Waals surface area contributed by atoms with Gasteiger partial charge in [-0.05, 0) is 6.08 Å². The zero-order chi connectivity index (χ0) is 14.7. The first-order chi connectivity index (χ1) is 8.72. The van der Waals surface area contributed by atoms with Crippen LogP contribution >= 0.6 is 0 Å². The fourth-order valence-electron chi connectivity index (χ4n) is 1.58. The van der Waals surface area contributed by atoms with Gasteiger partial charge >= 0.3 is 6.18 Å². The molecule has 1 amide bonds. The number of carbonyl (C=O) groups is 1. The minimum atomic E-state index is -4.90. The maximum Gasteiger partial charge on any atom is 0.424 e. The quantitative estimate of drug-likeness (QED) is 0.785. The van der Waals surface area contributed by atoms with E-state index < -0.39 is 29.9 Å². The molecule has 5 nitrogen and oxygen atoms in total. The Hall–Kier alpha value is -1.83. The number of nitrogens with one attached hydrogen (secondary N) is 1. The van der Waals surface area contributed by atoms with Gasteiger partial charge in [-0.1, -0.05) is 6.58 Å². The predicted molar refractivity (Wildman–Crippen MR) is 61.0 cm³/mol. The molecule has 1 heterocycles. The van der Waals surface area contributed by atoms with Gasteiger partial charge in [-0.25, -0.2) is 4.98 Å². The van der Waals surface area contributed by atoms with Gasteiger partial charge in [-0.2, -0.15) is 13.2 Å². The Morgan fingerprint density at radius 1 is 1.63 bits per heavy atom. The lowest BCUT2D eigenvalue weighted by Crippen LogP contribution is -2.46. The van der Waals surface area contributed by atoms with E-state index in [4.69, 9.17) is 0 Å². The van der Waals surface area contributed by atoms with Crippen LogP contribution in [0.3, 0.4) is 0 Å². The average Bonchev–Trinajstić information content (AvgIpc) is 2.73. The molecule has 1 unspecified atom stereocenters. The van der Waals surface area contributed by atoms with Crippen molar-refractivity contribution in [3.63, 3.8) is 0 Å². The number of nitrogens with zero attached hydrogens (tertiary/aromatic N) is 2. The molecule has 0 spiro atoms. The van der Waals surface area contributed by atoms with Gasteiger partial charge in [0, 0.05) is 32.4 Å². The van der Waals surface area contributed by atoms with Crippen LogP contribution in [-0.4, -0.2) is 33.3 Å². The lowest BCUT2D eigenvalue weighted by atomic mass is 9.97. The molecule has 19 heavy (non-hydrogen) atoms. The summed E-state index contributed by atoms with van der Waals surface area (Å²) < 4.78 is 40.1. The summed E-state index contributed by atoms with van der Waals surface area (Å²) in [5, 5.41) is 12.1. The maximum atomic E-state index is 13.0. The van der Waals surface area contributed by atoms with Crippen LogP contribution < -0.4 is 5.32 Å². The summed E-state index contributed by atoms with van der Waals surface area (Å²) in [4.78, 5) is 14.4. The predicted octanol–water partition coefficient (Wildman–Crippen LogP) is 0.862. The first-order valence-corrected chi connectivity index (χ1v) is 5.39. The first-order valence-electron chi connectivity index (χ1n) is 5.39. The highest BCUT2D eigenvalue weighted by Gasteiger charge is 2.57. The molecule has 1 atom stereocenters. The van der Waals surface area contributed by atoms with Crippen LogP contribution in [0.25, 0.3) is 0 Å². The van der Waals surface area contributed by atoms with Gasteiger partial charge < -0.3 is 15.0 Å². The van der Waals surface area contributed by atoms with Crippen LogP contribution in [-0.2, 0) is 17.4 Å². The number of halogens is 3. The van der Waals surface area contributed by atoms with Crippen molar-refractivity contribution in [1.82, 2.24) is 14.9 Å². The average molecular weight is 277 g/mol. The number of carbonyl (C=O) groups excluding carboxylic acids is 1. The number of amides is 1. The van der Waals surface area contributed by atoms with Gasteiger partial charge in [0.1, 0.15) is 5.82 Å². The number of alkyl halides is 3. The molecule has 0 fully saturated rings. The molecular formula is C11H14F3N3O2. The van der Waals surface area contributed by atoms with Crippen molar-refractivity contribution in [2.24, 2.45) is 7.05 Å². The normalized spacial score (nSPS) is 14.8. The molecule has 0 aliphatic rings. The van der Waals surface area contributed by atoms with Gasteiger partial charge in [0.15, 0.2) is 0 Å². The summed E-state index contributed by atoms with van der Waals surface area (Å²) in [7, 11) is 1.35. The number of aryl methyl sites for hydroxylation is 1. The zero-order valence-electron chi connectivity index (χ0n) is 10.2. The number of rotatable bonds is 5. The molecule has 2 N–H and O–H groups in total. The lowest BCUT2D eigenvalue weighted by Gasteiger charge is -2.29. The number of aromatic nitrogens is 2. The Morgan fingerprint density at radius 2 is 2.26 bits per heavy atom. The fourth-order valence-corrected chi connectivity index (χ4v) is 1.58. The van der Waals surface area contributed by atoms with Crippen LogP contribution in [0.15, 0.2) is 25.0 Å². The second-order valence-corrected chi connectivity index (χ2v) is 3.96. The van der Waals surface area contributed by atoms with E-state index in [9.17, 15) is 23.1 Å². The minimum absolute atomic E-state index is 0.353. The molecule has 0 saturated carbocycles. The highest BCUT2D eigenvalue weighted by Crippen LogP contribution is 2.40. The van der Waals surface area contributed by atoms with Crippen molar-refractivity contribution in [2.45, 2.75) is 18.2 Å². The zero-order valence-corrected chi connectivity index (χ0v) is 10.2. The highest BCUT2D eigenvalue weighted by molar-refractivity contribution is 5.86. The highest BCUT2D eigenvalue weighted by atomic mass is 19.4. The second kappa shape index (κ2) is 5.43. The molecule has 1 rings (SSSR count). The van der Waals surface area contributed by atoms with Crippen molar-refractivity contribution in [1.29, 1.82) is 0 Å². The molecule has 0 aliphatic carbocycles. The van der Waals surface area contributed by atoms with Gasteiger partial charge in [0.05, 0.1) is 0 Å². The van der Waals surface area contributed by atoms with E-state index in [1.165, 1.54) is 13.2 Å². The molecule has 0 aliphatic heterocycles. The third-order valence-corrected chi connectivity index (χ3v) is 2.63. The third-order valence-electron chi connectivity index (χ3n) is 2.63. The van der Waals surface area contributed by atoms with Crippen LogP contribution in [0.2, 0.25) is 0 Å². The number of imidazole rings is 1. The summed E-state index contributed by atoms with van der Waals surface area (Å²) in [6, 6.07) is 0. The Bertz CT molecular complexity index is 470. The van der Waals surface area contributed by atoms with Crippen molar-refractivity contribution in [3.05, 3.63) is 30.9 Å². The summed E-state index contributed by atoms with van der Waals surface area (Å²) in [5.41, 5.74) is -3.11. The van der Waals surface area contributed by atoms with E-state index in [0.717, 1.165) is 16.8 Å². The molecule has 0 saturated heterocycles. The standard InChI is InChI=1S/C11H14F3N3O2/c1-3-8(18)15-5-4-10(19,11(12,13)14)9-16-6-7-17(9)2/h3,6-7,19H,1,4-5H2,2H3,(H,15,18). The number of aliphatic hydroxyl groups is 1. The minimum Gasteiger partial charge on any atom is -0.374 e. The van der Waals surface area contributed by atoms with E-state index in [-0.39, 0.29) is 6.54 Å². The van der Waals surface area contributed by atoms with E-state index >= 15 is 0 Å². The van der Waals surface area contributed by atoms with E-state index in [1.807, 2.05) is 0 Å². The molecular weight excluding hydrogens is 263 g/mol. The Morgan fingerprint density at radius 3 is 2.68 bits per heavy atom. The largest absolute Gasteiger partial charge is 0.424 e. The second-order valence-electron chi connectivity index (χ2n) is 3.96. The molecule has 0 radical (unpaired) electrons. The van der Waals surface area contributed by atoms with Gasteiger partial charge in [-0.15, -0.1) is 0 Å². The molecule has 0 bridgehead atoms. The van der Waals surface area contributed by atoms with E-state index in [2.05, 4.69) is 16.9 Å². The van der Waals surface area contributed by atoms with Crippen molar-refractivity contribution < 1.29 is 23.1 Å². The summed E-state index contributed by atoms with van der Waals surface area (Å²) in [6.07, 6.45) is -2.23. The Labute approximate surface area is 107 Å². The monoisotopic (exact) mass is 277 g/mol. The molecule has 1 aromatic rings. The number of hydrogen-bond donors (Lipinski definition) is 2. The number of hydrogen-bond acceptors (Lipinski definition) is 3. The summed E-state index contributed by atoms with van der Waals surface area (Å²) in [5.74, 6) is -1.13. The topological polar surface area (TPSA) is 67.2 Å². The SMILES string of the molecule is C=CC(=O)NCCC(O)(c1nccn1C)C(F)(F)F. The third kappa shape index (κ3) is 3.14. The fraction of sp³-hybridized carbons (Fsp3) is 0.455. The first kappa shape index (κ1) is 15.2. The van der Waals surface area contributed by atoms with Gasteiger partial charge in [-0.3, -0.25) is 4.79 Å². The summed E-state index contributed by atoms with van der Waals surface area (Å²) in [6.45, 7) is 2.82. The molecule has 1 aromatic heterocycles. The molecule has 106 valence electrons. The Balaban J connectivity index is 2.93. The van der Waals surface area contributed by atoms with Crippen molar-refractivity contribution in [2.75, 3.05) is 6.54 Å². The van der Waals surface area contributed by atoms with Crippen molar-refractivity contribution in [3.8, 4) is 0 Å². The van der Waals surface area contributed by atoms with E-state index in [1.54, 1.807) is 0 Å².